The fourth-order valence-corrected chi connectivity index (χ4v) is 4.85. The van der Waals surface area contributed by atoms with Gasteiger partial charge in [-0.3, -0.25) is 9.48 Å². The van der Waals surface area contributed by atoms with Crippen LogP contribution in [0, 0.1) is 31.3 Å². The molecule has 158 valence electrons. The van der Waals surface area contributed by atoms with Gasteiger partial charge in [-0.05, 0) is 26.0 Å². The average molecular weight is 432 g/mol. The summed E-state index contributed by atoms with van der Waals surface area (Å²) in [6.07, 6.45) is 0. The van der Waals surface area contributed by atoms with Crippen LogP contribution in [-0.4, -0.2) is 54.7 Å². The molecule has 1 aromatic heterocycles. The smallest absolute Gasteiger partial charge is 0.246 e. The van der Waals surface area contributed by atoms with E-state index in [4.69, 9.17) is 4.74 Å². The lowest BCUT2D eigenvalue weighted by molar-refractivity contribution is -0.117. The third-order valence-electron chi connectivity index (χ3n) is 4.49. The first-order valence-electron chi connectivity index (χ1n) is 8.68. The van der Waals surface area contributed by atoms with Crippen LogP contribution < -0.4 is 5.32 Å². The molecule has 0 radical (unpaired) electrons. The van der Waals surface area contributed by atoms with Crippen LogP contribution >= 0.6 is 0 Å². The van der Waals surface area contributed by atoms with E-state index < -0.39 is 45.6 Å². The maximum Gasteiger partial charge on any atom is 0.246 e. The summed E-state index contributed by atoms with van der Waals surface area (Å²) in [4.78, 5) is 12.2. The number of anilines is 1. The second-order valence-electron chi connectivity index (χ2n) is 6.45. The van der Waals surface area contributed by atoms with Crippen LogP contribution in [0.5, 0.6) is 0 Å². The number of sulfonamides is 1. The summed E-state index contributed by atoms with van der Waals surface area (Å²) < 4.78 is 73.5. The molecule has 1 fully saturated rings. The van der Waals surface area contributed by atoms with Crippen molar-refractivity contribution in [3.63, 3.8) is 0 Å². The van der Waals surface area contributed by atoms with Crippen molar-refractivity contribution in [1.82, 2.24) is 14.1 Å². The summed E-state index contributed by atoms with van der Waals surface area (Å²) in [6, 6.07) is 1.57. The van der Waals surface area contributed by atoms with Gasteiger partial charge in [-0.15, -0.1) is 0 Å². The van der Waals surface area contributed by atoms with E-state index in [1.165, 1.54) is 18.2 Å². The summed E-state index contributed by atoms with van der Waals surface area (Å²) in [5.41, 5.74) is -0.0905. The molecule has 0 spiro atoms. The Bertz CT molecular complexity index is 1050. The number of carbonyl (C=O) groups excluding carboxylic acids is 1. The molecule has 3 rings (SSSR count). The van der Waals surface area contributed by atoms with Crippen molar-refractivity contribution in [3.8, 4) is 0 Å². The molecule has 0 bridgehead atoms. The third kappa shape index (κ3) is 4.14. The lowest BCUT2D eigenvalue weighted by atomic mass is 10.2. The minimum atomic E-state index is -3.83. The second-order valence-corrected chi connectivity index (χ2v) is 8.32. The molecule has 1 aliphatic rings. The highest BCUT2D eigenvalue weighted by Crippen LogP contribution is 2.25. The van der Waals surface area contributed by atoms with Gasteiger partial charge in [-0.2, -0.15) is 9.40 Å². The van der Waals surface area contributed by atoms with Gasteiger partial charge in [0, 0.05) is 13.1 Å². The van der Waals surface area contributed by atoms with Crippen LogP contribution in [0.25, 0.3) is 0 Å². The normalized spacial score (nSPS) is 15.5. The van der Waals surface area contributed by atoms with E-state index >= 15 is 0 Å². The molecular weight excluding hydrogens is 413 g/mol. The van der Waals surface area contributed by atoms with Gasteiger partial charge >= 0.3 is 0 Å². The SMILES string of the molecule is Cc1nn(CC(=O)Nc2ccc(F)c(F)c2F)c(C)c1S(=O)(=O)N1CCOCC1. The Morgan fingerprint density at radius 1 is 1.17 bits per heavy atom. The molecule has 1 aliphatic heterocycles. The van der Waals surface area contributed by atoms with E-state index in [0.717, 1.165) is 10.7 Å². The number of benzene rings is 1. The number of morpholine rings is 1. The van der Waals surface area contributed by atoms with Crippen LogP contribution in [0.1, 0.15) is 11.4 Å². The van der Waals surface area contributed by atoms with Gasteiger partial charge in [0.25, 0.3) is 0 Å². The van der Waals surface area contributed by atoms with Gasteiger partial charge in [-0.1, -0.05) is 0 Å². The molecule has 0 atom stereocenters. The summed E-state index contributed by atoms with van der Waals surface area (Å²) in [5, 5.41) is 6.22. The maximum absolute atomic E-state index is 13.7. The highest BCUT2D eigenvalue weighted by atomic mass is 32.2. The zero-order valence-corrected chi connectivity index (χ0v) is 16.5. The zero-order chi connectivity index (χ0) is 21.3. The minimum Gasteiger partial charge on any atom is -0.379 e. The Morgan fingerprint density at radius 3 is 2.48 bits per heavy atom. The highest BCUT2D eigenvalue weighted by Gasteiger charge is 2.32. The summed E-state index contributed by atoms with van der Waals surface area (Å²) in [6.45, 7) is 3.55. The number of aryl methyl sites for hydroxylation is 1. The van der Waals surface area contributed by atoms with Crippen LogP contribution in [0.3, 0.4) is 0 Å². The number of hydrogen-bond donors (Lipinski definition) is 1. The van der Waals surface area contributed by atoms with Gasteiger partial charge in [0.1, 0.15) is 11.4 Å². The summed E-state index contributed by atoms with van der Waals surface area (Å²) >= 11 is 0. The van der Waals surface area contributed by atoms with Crippen molar-refractivity contribution in [2.45, 2.75) is 25.3 Å². The number of rotatable bonds is 5. The molecule has 8 nitrogen and oxygen atoms in total. The molecule has 2 aromatic rings. The van der Waals surface area contributed by atoms with E-state index in [1.807, 2.05) is 0 Å². The van der Waals surface area contributed by atoms with Crippen molar-refractivity contribution in [3.05, 3.63) is 41.0 Å². The van der Waals surface area contributed by atoms with Crippen LogP contribution in [0.4, 0.5) is 18.9 Å². The average Bonchev–Trinajstić information content (AvgIpc) is 2.96. The monoisotopic (exact) mass is 432 g/mol. The Labute approximate surface area is 165 Å². The topological polar surface area (TPSA) is 93.5 Å². The zero-order valence-electron chi connectivity index (χ0n) is 15.7. The van der Waals surface area contributed by atoms with Gasteiger partial charge in [0.15, 0.2) is 17.5 Å². The standard InChI is InChI=1S/C17H19F3N4O4S/c1-10-17(29(26,27)23-5-7-28-8-6-23)11(2)24(22-10)9-14(25)21-13-4-3-12(18)15(19)16(13)20/h3-4H,5-9H2,1-2H3,(H,21,25). The predicted octanol–water partition coefficient (Wildman–Crippen LogP) is 1.58. The van der Waals surface area contributed by atoms with E-state index in [0.29, 0.717) is 6.07 Å². The summed E-state index contributed by atoms with van der Waals surface area (Å²) in [5.74, 6) is -5.39. The molecule has 29 heavy (non-hydrogen) atoms. The Balaban J connectivity index is 1.81. The first kappa shape index (κ1) is 21.3. The molecule has 0 saturated carbocycles. The Hall–Kier alpha value is -2.44. The molecule has 2 heterocycles. The first-order chi connectivity index (χ1) is 13.6. The van der Waals surface area contributed by atoms with Crippen LogP contribution in [0.2, 0.25) is 0 Å². The van der Waals surface area contributed by atoms with Crippen molar-refractivity contribution in [1.29, 1.82) is 0 Å². The fourth-order valence-electron chi connectivity index (χ4n) is 3.07. The third-order valence-corrected chi connectivity index (χ3v) is 6.64. The number of nitrogens with one attached hydrogen (secondary N) is 1. The number of carbonyl (C=O) groups is 1. The number of aromatic nitrogens is 2. The van der Waals surface area contributed by atoms with Crippen molar-refractivity contribution >= 4 is 21.6 Å². The largest absolute Gasteiger partial charge is 0.379 e. The van der Waals surface area contributed by atoms with Gasteiger partial charge in [0.05, 0.1) is 30.3 Å². The Morgan fingerprint density at radius 2 is 1.83 bits per heavy atom. The number of amides is 1. The lowest BCUT2D eigenvalue weighted by Crippen LogP contribution is -2.41. The molecule has 1 N–H and O–H groups in total. The van der Waals surface area contributed by atoms with Crippen LogP contribution in [-0.2, 0) is 26.1 Å². The minimum absolute atomic E-state index is 0.00814. The second kappa shape index (κ2) is 8.13. The van der Waals surface area contributed by atoms with Gasteiger partial charge in [-0.25, -0.2) is 21.6 Å². The fraction of sp³-hybridized carbons (Fsp3) is 0.412. The number of nitrogens with zero attached hydrogens (tertiary/aromatic N) is 3. The van der Waals surface area contributed by atoms with Crippen molar-refractivity contribution < 1.29 is 31.1 Å². The molecule has 1 amide bonds. The maximum atomic E-state index is 13.7. The molecular formula is C17H19F3N4O4S. The van der Waals surface area contributed by atoms with Gasteiger partial charge < -0.3 is 10.1 Å². The predicted molar refractivity (Wildman–Crippen MR) is 96.2 cm³/mol. The summed E-state index contributed by atoms with van der Waals surface area (Å²) in [7, 11) is -3.83. The van der Waals surface area contributed by atoms with E-state index in [2.05, 4.69) is 10.4 Å². The molecule has 0 aliphatic carbocycles. The number of hydrogen-bond acceptors (Lipinski definition) is 5. The highest BCUT2D eigenvalue weighted by molar-refractivity contribution is 7.89. The van der Waals surface area contributed by atoms with E-state index in [9.17, 15) is 26.4 Å². The Kier molecular flexibility index (Phi) is 5.96. The number of halogens is 3. The molecule has 12 heteroatoms. The van der Waals surface area contributed by atoms with Crippen molar-refractivity contribution in [2.24, 2.45) is 0 Å². The van der Waals surface area contributed by atoms with Crippen LogP contribution in [0.15, 0.2) is 17.0 Å². The lowest BCUT2D eigenvalue weighted by Gasteiger charge is -2.26. The number of ether oxygens (including phenoxy) is 1. The molecule has 1 aromatic carbocycles. The van der Waals surface area contributed by atoms with E-state index in [-0.39, 0.29) is 42.6 Å². The molecule has 1 saturated heterocycles. The van der Waals surface area contributed by atoms with E-state index in [1.54, 1.807) is 0 Å². The molecule has 0 unspecified atom stereocenters. The first-order valence-corrected chi connectivity index (χ1v) is 10.1. The van der Waals surface area contributed by atoms with Crippen molar-refractivity contribution in [2.75, 3.05) is 31.6 Å². The quantitative estimate of drug-likeness (QED) is 0.724. The van der Waals surface area contributed by atoms with Gasteiger partial charge in [0.2, 0.25) is 15.9 Å².